The minimum absolute atomic E-state index is 1.33. The molecule has 14 heavy (non-hydrogen) atoms. The van der Waals surface area contributed by atoms with Crippen molar-refractivity contribution >= 4 is 56.5 Å². The zero-order valence-corrected chi connectivity index (χ0v) is 15.1. The molecule has 0 saturated carbocycles. The van der Waals surface area contributed by atoms with E-state index in [9.17, 15) is 0 Å². The van der Waals surface area contributed by atoms with Gasteiger partial charge in [-0.3, -0.25) is 0 Å². The van der Waals surface area contributed by atoms with Crippen LogP contribution in [0.5, 0.6) is 0 Å². The van der Waals surface area contributed by atoms with Crippen LogP contribution in [-0.2, 0) is 0 Å². The van der Waals surface area contributed by atoms with Gasteiger partial charge in [0.05, 0.1) is 0 Å². The Hall–Kier alpha value is 2.22. The van der Waals surface area contributed by atoms with Crippen LogP contribution in [-0.4, -0.2) is 37.2 Å². The first-order chi connectivity index (χ1) is 6.71. The van der Waals surface area contributed by atoms with E-state index < -0.39 is 14.2 Å². The molecule has 0 unspecified atom stereocenters. The molecule has 1 aliphatic heterocycles. The summed E-state index contributed by atoms with van der Waals surface area (Å²) in [4.78, 5) is 2.62. The van der Waals surface area contributed by atoms with Gasteiger partial charge in [-0.05, 0) is 0 Å². The average Bonchev–Trinajstić information content (AvgIpc) is 2.11. The van der Waals surface area contributed by atoms with Crippen LogP contribution in [0, 0.1) is 0 Å². The minimum atomic E-state index is -1.33. The molecular formula is C10H21IS2Te. The molecule has 0 atom stereocenters. The molecule has 1 rings (SSSR count). The number of thioether (sulfide) groups is 2. The molecule has 1 heterocycles. The van der Waals surface area contributed by atoms with Crippen LogP contribution in [0.3, 0.4) is 0 Å². The van der Waals surface area contributed by atoms with Crippen molar-refractivity contribution in [2.75, 3.05) is 23.0 Å². The topological polar surface area (TPSA) is 0 Å². The third-order valence-electron chi connectivity index (χ3n) is 2.29. The van der Waals surface area contributed by atoms with E-state index in [-0.39, 0.29) is 0 Å². The summed E-state index contributed by atoms with van der Waals surface area (Å²) in [5.41, 5.74) is 0. The fraction of sp³-hybridized carbons (Fsp3) is 1.00. The quantitative estimate of drug-likeness (QED) is 0.382. The molecule has 0 nitrogen and oxygen atoms in total. The molecular weight excluding hydrogens is 439 g/mol. The van der Waals surface area contributed by atoms with E-state index in [4.69, 9.17) is 0 Å². The van der Waals surface area contributed by atoms with Gasteiger partial charge in [-0.15, -0.1) is 0 Å². The van der Waals surface area contributed by atoms with E-state index in [1.165, 1.54) is 42.3 Å². The molecule has 1 fully saturated rings. The first-order valence-electron chi connectivity index (χ1n) is 5.29. The zero-order valence-electron chi connectivity index (χ0n) is 8.97. The number of hydrogen-bond acceptors (Lipinski definition) is 2. The van der Waals surface area contributed by atoms with Crippen molar-refractivity contribution in [3.05, 3.63) is 0 Å². The fourth-order valence-electron chi connectivity index (χ4n) is 1.49. The molecule has 0 aliphatic carbocycles. The molecule has 1 aliphatic rings. The molecule has 86 valence electrons. The summed E-state index contributed by atoms with van der Waals surface area (Å²) in [5, 5.41) is 0. The van der Waals surface area contributed by atoms with Crippen LogP contribution in [0.4, 0.5) is 0 Å². The van der Waals surface area contributed by atoms with Gasteiger partial charge in [-0.2, -0.15) is 0 Å². The van der Waals surface area contributed by atoms with Crippen molar-refractivity contribution in [3.63, 3.8) is 0 Å². The Morgan fingerprint density at radius 3 is 1.79 bits per heavy atom. The van der Waals surface area contributed by atoms with Crippen LogP contribution in [0.1, 0.15) is 19.3 Å². The van der Waals surface area contributed by atoms with Crippen LogP contribution in [0.25, 0.3) is 0 Å². The van der Waals surface area contributed by atoms with Crippen LogP contribution in [0.15, 0.2) is 0 Å². The molecule has 4 heteroatoms. The van der Waals surface area contributed by atoms with Crippen LogP contribution >= 0.6 is 42.2 Å². The van der Waals surface area contributed by atoms with Gasteiger partial charge >= 0.3 is 113 Å². The van der Waals surface area contributed by atoms with E-state index in [1.54, 1.807) is 8.94 Å². The summed E-state index contributed by atoms with van der Waals surface area (Å²) in [5.74, 6) is 5.65. The third kappa shape index (κ3) is 7.49. The standard InChI is InChI=1S/C10H21IS2Te/c1-14(11)9-3-7-12-5-2-6-13-8-4-10-14/h2-10H2,1H3. The Kier molecular flexibility index (Phi) is 8.50. The first-order valence-corrected chi connectivity index (χ1v) is 20.0. The van der Waals surface area contributed by atoms with Crippen molar-refractivity contribution in [1.29, 1.82) is 0 Å². The molecule has 0 spiro atoms. The predicted molar refractivity (Wildman–Crippen MR) is 83.8 cm³/mol. The van der Waals surface area contributed by atoms with E-state index in [1.807, 2.05) is 0 Å². The van der Waals surface area contributed by atoms with E-state index >= 15 is 0 Å². The summed E-state index contributed by atoms with van der Waals surface area (Å²) in [6.07, 6.45) is 4.43. The second kappa shape index (κ2) is 8.33. The Balaban J connectivity index is 2.24. The summed E-state index contributed by atoms with van der Waals surface area (Å²) in [6, 6.07) is 0. The number of hydrogen-bond donors (Lipinski definition) is 0. The molecule has 0 N–H and O–H groups in total. The molecule has 0 bridgehead atoms. The summed E-state index contributed by atoms with van der Waals surface area (Å²) >= 11 is 5.89. The second-order valence-electron chi connectivity index (χ2n) is 3.85. The summed E-state index contributed by atoms with van der Waals surface area (Å²) in [6.45, 7) is 0. The maximum atomic E-state index is 2.86. The Labute approximate surface area is 111 Å². The normalized spacial score (nSPS) is 28.4. The van der Waals surface area contributed by atoms with Gasteiger partial charge in [0.25, 0.3) is 0 Å². The molecule has 0 aromatic carbocycles. The molecule has 1 saturated heterocycles. The monoisotopic (exact) mass is 462 g/mol. The summed E-state index contributed by atoms with van der Waals surface area (Å²) in [7, 11) is 0. The van der Waals surface area contributed by atoms with Gasteiger partial charge in [0.2, 0.25) is 0 Å². The summed E-state index contributed by atoms with van der Waals surface area (Å²) < 4.78 is 3.20. The second-order valence-corrected chi connectivity index (χ2v) is 29.5. The van der Waals surface area contributed by atoms with E-state index in [0.717, 1.165) is 0 Å². The Morgan fingerprint density at radius 2 is 1.29 bits per heavy atom. The molecule has 0 aromatic rings. The van der Waals surface area contributed by atoms with Gasteiger partial charge in [-0.25, -0.2) is 0 Å². The number of rotatable bonds is 0. The van der Waals surface area contributed by atoms with Crippen molar-refractivity contribution in [2.45, 2.75) is 33.2 Å². The average molecular weight is 460 g/mol. The first kappa shape index (κ1) is 14.3. The van der Waals surface area contributed by atoms with Gasteiger partial charge in [0, 0.05) is 0 Å². The van der Waals surface area contributed by atoms with Gasteiger partial charge in [-0.1, -0.05) is 0 Å². The Morgan fingerprint density at radius 1 is 0.857 bits per heavy atom. The molecule has 0 radical (unpaired) electrons. The van der Waals surface area contributed by atoms with Crippen molar-refractivity contribution in [2.24, 2.45) is 0 Å². The fourth-order valence-corrected chi connectivity index (χ4v) is 13.6. The van der Waals surface area contributed by atoms with Crippen molar-refractivity contribution in [1.82, 2.24) is 0 Å². The predicted octanol–water partition coefficient (Wildman–Crippen LogP) is 4.65. The third-order valence-corrected chi connectivity index (χ3v) is 17.0. The van der Waals surface area contributed by atoms with Crippen molar-refractivity contribution < 1.29 is 0 Å². The number of halogens is 1. The van der Waals surface area contributed by atoms with Crippen LogP contribution in [0.2, 0.25) is 13.9 Å². The van der Waals surface area contributed by atoms with Gasteiger partial charge in [0.1, 0.15) is 0 Å². The van der Waals surface area contributed by atoms with E-state index in [0.29, 0.717) is 0 Å². The van der Waals surface area contributed by atoms with Gasteiger partial charge < -0.3 is 0 Å². The van der Waals surface area contributed by atoms with Crippen LogP contribution < -0.4 is 0 Å². The van der Waals surface area contributed by atoms with Gasteiger partial charge in [0.15, 0.2) is 0 Å². The van der Waals surface area contributed by atoms with E-state index in [2.05, 4.69) is 47.2 Å². The molecule has 0 aromatic heterocycles. The SMILES string of the molecule is C[Te]1(I)CCCSCCCSCCC1. The maximum absolute atomic E-state index is 2.86. The van der Waals surface area contributed by atoms with Crippen molar-refractivity contribution in [3.8, 4) is 0 Å². The Bertz CT molecular complexity index is 139. The molecule has 0 amide bonds. The zero-order chi connectivity index (χ0) is 10.3.